The average Bonchev–Trinajstić information content (AvgIpc) is 2.39. The Kier molecular flexibility index (Phi) is 6.02. The van der Waals surface area contributed by atoms with Gasteiger partial charge in [0.1, 0.15) is 6.04 Å². The zero-order chi connectivity index (χ0) is 14.3. The molecule has 0 saturated carbocycles. The van der Waals surface area contributed by atoms with Crippen molar-refractivity contribution in [3.8, 4) is 0 Å². The fourth-order valence-corrected chi connectivity index (χ4v) is 1.44. The lowest BCUT2D eigenvalue weighted by Crippen LogP contribution is -2.40. The molecule has 0 aliphatic heterocycles. The van der Waals surface area contributed by atoms with Crippen LogP contribution in [0.2, 0.25) is 0 Å². The SMILES string of the molecule is CCOC(=O)C(C)NCC(=O)Nc1ccc(C)cc1. The number of benzene rings is 1. The van der Waals surface area contributed by atoms with Gasteiger partial charge in [0.2, 0.25) is 5.91 Å². The molecule has 5 nitrogen and oxygen atoms in total. The zero-order valence-corrected chi connectivity index (χ0v) is 11.5. The Hall–Kier alpha value is -1.88. The molecule has 0 aromatic heterocycles. The highest BCUT2D eigenvalue weighted by Crippen LogP contribution is 2.07. The molecule has 1 aromatic rings. The van der Waals surface area contributed by atoms with Crippen molar-refractivity contribution in [1.82, 2.24) is 5.32 Å². The number of ether oxygens (including phenoxy) is 1. The van der Waals surface area contributed by atoms with E-state index in [0.717, 1.165) is 11.3 Å². The largest absolute Gasteiger partial charge is 0.465 e. The van der Waals surface area contributed by atoms with Gasteiger partial charge in [-0.1, -0.05) is 17.7 Å². The van der Waals surface area contributed by atoms with E-state index in [0.29, 0.717) is 6.61 Å². The van der Waals surface area contributed by atoms with Crippen LogP contribution in [0.1, 0.15) is 19.4 Å². The highest BCUT2D eigenvalue weighted by Gasteiger charge is 2.14. The Morgan fingerprint density at radius 1 is 1.26 bits per heavy atom. The van der Waals surface area contributed by atoms with Crippen molar-refractivity contribution in [2.24, 2.45) is 0 Å². The summed E-state index contributed by atoms with van der Waals surface area (Å²) in [4.78, 5) is 23.0. The van der Waals surface area contributed by atoms with E-state index in [1.165, 1.54) is 0 Å². The van der Waals surface area contributed by atoms with Gasteiger partial charge in [0, 0.05) is 5.69 Å². The Labute approximate surface area is 113 Å². The normalized spacial score (nSPS) is 11.7. The fraction of sp³-hybridized carbons (Fsp3) is 0.429. The Bertz CT molecular complexity index is 429. The molecule has 0 bridgehead atoms. The number of nitrogens with one attached hydrogen (secondary N) is 2. The lowest BCUT2D eigenvalue weighted by atomic mass is 10.2. The molecular weight excluding hydrogens is 244 g/mol. The van der Waals surface area contributed by atoms with Gasteiger partial charge in [0.05, 0.1) is 13.2 Å². The summed E-state index contributed by atoms with van der Waals surface area (Å²) in [6.45, 7) is 5.79. The summed E-state index contributed by atoms with van der Waals surface area (Å²) in [5, 5.41) is 5.55. The molecular formula is C14H20N2O3. The van der Waals surface area contributed by atoms with Gasteiger partial charge in [-0.2, -0.15) is 0 Å². The molecule has 0 heterocycles. The van der Waals surface area contributed by atoms with Crippen molar-refractivity contribution in [3.63, 3.8) is 0 Å². The first-order valence-corrected chi connectivity index (χ1v) is 6.29. The minimum Gasteiger partial charge on any atom is -0.465 e. The number of rotatable bonds is 6. The predicted molar refractivity (Wildman–Crippen MR) is 73.9 cm³/mol. The maximum Gasteiger partial charge on any atom is 0.322 e. The van der Waals surface area contributed by atoms with E-state index in [-0.39, 0.29) is 18.4 Å². The average molecular weight is 264 g/mol. The van der Waals surface area contributed by atoms with E-state index >= 15 is 0 Å². The number of anilines is 1. The molecule has 0 spiro atoms. The molecule has 0 fully saturated rings. The second-order valence-corrected chi connectivity index (χ2v) is 4.27. The number of hydrogen-bond acceptors (Lipinski definition) is 4. The topological polar surface area (TPSA) is 67.4 Å². The molecule has 19 heavy (non-hydrogen) atoms. The van der Waals surface area contributed by atoms with Crippen LogP contribution in [0, 0.1) is 6.92 Å². The molecule has 0 aliphatic rings. The minimum absolute atomic E-state index is 0.0634. The summed E-state index contributed by atoms with van der Waals surface area (Å²) in [7, 11) is 0. The van der Waals surface area contributed by atoms with E-state index < -0.39 is 6.04 Å². The van der Waals surface area contributed by atoms with Crippen molar-refractivity contribution < 1.29 is 14.3 Å². The molecule has 2 N–H and O–H groups in total. The van der Waals surface area contributed by atoms with Gasteiger partial charge in [-0.15, -0.1) is 0 Å². The Morgan fingerprint density at radius 3 is 2.47 bits per heavy atom. The van der Waals surface area contributed by atoms with Gasteiger partial charge in [0.15, 0.2) is 0 Å². The Balaban J connectivity index is 2.35. The highest BCUT2D eigenvalue weighted by molar-refractivity contribution is 5.92. The van der Waals surface area contributed by atoms with Gasteiger partial charge in [-0.05, 0) is 32.9 Å². The molecule has 104 valence electrons. The molecule has 1 amide bonds. The summed E-state index contributed by atoms with van der Waals surface area (Å²) in [6.07, 6.45) is 0. The maximum absolute atomic E-state index is 11.7. The number of esters is 1. The zero-order valence-electron chi connectivity index (χ0n) is 11.5. The van der Waals surface area contributed by atoms with Gasteiger partial charge in [-0.3, -0.25) is 14.9 Å². The number of hydrogen-bond donors (Lipinski definition) is 2. The van der Waals surface area contributed by atoms with Crippen LogP contribution in [0.5, 0.6) is 0 Å². The van der Waals surface area contributed by atoms with Crippen LogP contribution >= 0.6 is 0 Å². The lowest BCUT2D eigenvalue weighted by Gasteiger charge is -2.12. The van der Waals surface area contributed by atoms with Crippen LogP contribution in [0.25, 0.3) is 0 Å². The molecule has 1 rings (SSSR count). The molecule has 5 heteroatoms. The maximum atomic E-state index is 11.7. The third kappa shape index (κ3) is 5.52. The van der Waals surface area contributed by atoms with Crippen molar-refractivity contribution in [2.45, 2.75) is 26.8 Å². The van der Waals surface area contributed by atoms with Crippen LogP contribution in [0.15, 0.2) is 24.3 Å². The number of aryl methyl sites for hydroxylation is 1. The summed E-state index contributed by atoms with van der Waals surface area (Å²) >= 11 is 0. The van der Waals surface area contributed by atoms with E-state index in [2.05, 4.69) is 10.6 Å². The first-order chi connectivity index (χ1) is 9.02. The van der Waals surface area contributed by atoms with Gasteiger partial charge >= 0.3 is 5.97 Å². The van der Waals surface area contributed by atoms with E-state index in [4.69, 9.17) is 4.74 Å². The molecule has 0 saturated heterocycles. The first kappa shape index (κ1) is 15.2. The number of amides is 1. The predicted octanol–water partition coefficient (Wildman–Crippen LogP) is 1.47. The molecule has 0 radical (unpaired) electrons. The highest BCUT2D eigenvalue weighted by atomic mass is 16.5. The summed E-state index contributed by atoms with van der Waals surface area (Å²) in [5.74, 6) is -0.550. The van der Waals surface area contributed by atoms with Crippen molar-refractivity contribution in [2.75, 3.05) is 18.5 Å². The van der Waals surface area contributed by atoms with Crippen molar-refractivity contribution in [3.05, 3.63) is 29.8 Å². The third-order valence-electron chi connectivity index (χ3n) is 2.54. The van der Waals surface area contributed by atoms with Crippen LogP contribution in [-0.2, 0) is 14.3 Å². The quantitative estimate of drug-likeness (QED) is 0.764. The van der Waals surface area contributed by atoms with Crippen molar-refractivity contribution in [1.29, 1.82) is 0 Å². The van der Waals surface area contributed by atoms with Gasteiger partial charge in [0.25, 0.3) is 0 Å². The monoisotopic (exact) mass is 264 g/mol. The first-order valence-electron chi connectivity index (χ1n) is 6.29. The Morgan fingerprint density at radius 2 is 1.89 bits per heavy atom. The van der Waals surface area contributed by atoms with Gasteiger partial charge < -0.3 is 10.1 Å². The second-order valence-electron chi connectivity index (χ2n) is 4.27. The molecule has 1 aromatic carbocycles. The lowest BCUT2D eigenvalue weighted by molar-refractivity contribution is -0.145. The van der Waals surface area contributed by atoms with Gasteiger partial charge in [-0.25, -0.2) is 0 Å². The van der Waals surface area contributed by atoms with Crippen LogP contribution in [0.4, 0.5) is 5.69 Å². The molecule has 0 aliphatic carbocycles. The van der Waals surface area contributed by atoms with Crippen LogP contribution in [-0.4, -0.2) is 31.1 Å². The standard InChI is InChI=1S/C14H20N2O3/c1-4-19-14(18)11(3)15-9-13(17)16-12-7-5-10(2)6-8-12/h5-8,11,15H,4,9H2,1-3H3,(H,16,17). The minimum atomic E-state index is -0.497. The van der Waals surface area contributed by atoms with Crippen LogP contribution < -0.4 is 10.6 Å². The third-order valence-corrected chi connectivity index (χ3v) is 2.54. The smallest absolute Gasteiger partial charge is 0.322 e. The van der Waals surface area contributed by atoms with Crippen molar-refractivity contribution >= 4 is 17.6 Å². The van der Waals surface area contributed by atoms with E-state index in [9.17, 15) is 9.59 Å². The van der Waals surface area contributed by atoms with E-state index in [1.807, 2.05) is 31.2 Å². The molecule has 1 unspecified atom stereocenters. The summed E-state index contributed by atoms with van der Waals surface area (Å²) in [6, 6.07) is 7.02. The number of carbonyl (C=O) groups is 2. The van der Waals surface area contributed by atoms with E-state index in [1.54, 1.807) is 13.8 Å². The summed E-state index contributed by atoms with van der Waals surface area (Å²) in [5.41, 5.74) is 1.87. The fourth-order valence-electron chi connectivity index (χ4n) is 1.44. The molecule has 1 atom stereocenters. The second kappa shape index (κ2) is 7.53. The number of carbonyl (C=O) groups excluding carboxylic acids is 2. The van der Waals surface area contributed by atoms with Crippen LogP contribution in [0.3, 0.4) is 0 Å². The summed E-state index contributed by atoms with van der Waals surface area (Å²) < 4.78 is 4.83.